The second-order valence-corrected chi connectivity index (χ2v) is 6.80. The van der Waals surface area contributed by atoms with E-state index in [0.717, 1.165) is 0 Å². The highest BCUT2D eigenvalue weighted by Crippen LogP contribution is 2.49. The van der Waals surface area contributed by atoms with Crippen LogP contribution in [0.4, 0.5) is 0 Å². The Morgan fingerprint density at radius 1 is 1.27 bits per heavy atom. The van der Waals surface area contributed by atoms with Crippen molar-refractivity contribution in [1.82, 2.24) is 4.90 Å². The lowest BCUT2D eigenvalue weighted by atomic mass is 10.6. The Morgan fingerprint density at radius 2 is 1.67 bits per heavy atom. The van der Waals surface area contributed by atoms with Gasteiger partial charge < -0.3 is 4.90 Å². The summed E-state index contributed by atoms with van der Waals surface area (Å²) in [5.74, 6) is -0.0282. The summed E-state index contributed by atoms with van der Waals surface area (Å²) in [6.07, 6.45) is 0. The molecule has 0 saturated heterocycles. The van der Waals surface area contributed by atoms with E-state index >= 15 is 0 Å². The van der Waals surface area contributed by atoms with Crippen molar-refractivity contribution in [2.24, 2.45) is 4.76 Å². The number of amidine groups is 1. The fraction of sp³-hybridized carbons (Fsp3) is 0.833. The zero-order valence-electron chi connectivity index (χ0n) is 8.70. The number of nitrogens with zero attached hydrogens (tertiary/aromatic N) is 2. The van der Waals surface area contributed by atoms with E-state index in [1.54, 1.807) is 14.1 Å². The molecule has 0 amide bonds. The first-order valence-corrected chi connectivity index (χ1v) is 6.35. The van der Waals surface area contributed by atoms with Crippen molar-refractivity contribution < 1.29 is 13.6 Å². The molecule has 9 heteroatoms. The number of halogens is 3. The first kappa shape index (κ1) is 15.5. The molecule has 0 aliphatic carbocycles. The molecule has 0 radical (unpaired) electrons. The van der Waals surface area contributed by atoms with Crippen molar-refractivity contribution in [3.63, 3.8) is 0 Å². The molecule has 0 atom stereocenters. The van der Waals surface area contributed by atoms with Gasteiger partial charge in [0.05, 0.1) is 0 Å². The van der Waals surface area contributed by atoms with Crippen LogP contribution in [-0.2, 0) is 13.6 Å². The molecule has 15 heavy (non-hydrogen) atoms. The average Bonchev–Trinajstić information content (AvgIpc) is 2.11. The van der Waals surface area contributed by atoms with Crippen molar-refractivity contribution >= 4 is 48.4 Å². The molecule has 0 rings (SSSR count). The highest BCUT2D eigenvalue weighted by atomic mass is 35.6. The molecule has 0 aliphatic heterocycles. The Morgan fingerprint density at radius 3 is 1.87 bits per heavy atom. The van der Waals surface area contributed by atoms with Gasteiger partial charge in [-0.15, -0.1) is 0 Å². The number of hydrogen-bond donors (Lipinski definition) is 0. The predicted molar refractivity (Wildman–Crippen MR) is 63.0 cm³/mol. The molecule has 0 aromatic heterocycles. The molecular formula is C6H12Cl3N2O3P. The Hall–Kier alpha value is 0.490. The highest BCUT2D eigenvalue weighted by Gasteiger charge is 2.34. The minimum Gasteiger partial charge on any atom is -0.362 e. The Labute approximate surface area is 104 Å². The molecule has 90 valence electrons. The van der Waals surface area contributed by atoms with Gasteiger partial charge in [-0.05, 0) is 0 Å². The van der Waals surface area contributed by atoms with E-state index in [9.17, 15) is 4.57 Å². The molecule has 0 N–H and O–H groups in total. The van der Waals surface area contributed by atoms with Gasteiger partial charge in [-0.25, -0.2) is 4.57 Å². The fourth-order valence-corrected chi connectivity index (χ4v) is 2.36. The lowest BCUT2D eigenvalue weighted by Crippen LogP contribution is -2.33. The lowest BCUT2D eigenvalue weighted by molar-refractivity contribution is 0.276. The van der Waals surface area contributed by atoms with E-state index < -0.39 is 11.5 Å². The monoisotopic (exact) mass is 296 g/mol. The molecule has 0 bridgehead atoms. The minimum atomic E-state index is -3.59. The van der Waals surface area contributed by atoms with E-state index in [1.807, 2.05) is 0 Å². The van der Waals surface area contributed by atoms with Crippen molar-refractivity contribution in [2.75, 3.05) is 28.3 Å². The van der Waals surface area contributed by atoms with E-state index in [2.05, 4.69) is 13.8 Å². The Bertz CT molecular complexity index is 282. The van der Waals surface area contributed by atoms with Gasteiger partial charge in [-0.2, -0.15) is 4.76 Å². The van der Waals surface area contributed by atoms with E-state index in [0.29, 0.717) is 0 Å². The third-order valence-electron chi connectivity index (χ3n) is 1.36. The topological polar surface area (TPSA) is 51.1 Å². The second-order valence-electron chi connectivity index (χ2n) is 2.65. The smallest absolute Gasteiger partial charge is 0.362 e. The third kappa shape index (κ3) is 4.89. The maximum atomic E-state index is 11.7. The summed E-state index contributed by atoms with van der Waals surface area (Å²) in [5.41, 5.74) is 0. The van der Waals surface area contributed by atoms with Gasteiger partial charge in [-0.3, -0.25) is 9.05 Å². The van der Waals surface area contributed by atoms with Crippen molar-refractivity contribution in [1.29, 1.82) is 0 Å². The minimum absolute atomic E-state index is 0.0282. The third-order valence-corrected chi connectivity index (χ3v) is 3.22. The van der Waals surface area contributed by atoms with Crippen LogP contribution < -0.4 is 0 Å². The van der Waals surface area contributed by atoms with Gasteiger partial charge in [-0.1, -0.05) is 34.8 Å². The molecule has 0 fully saturated rings. The van der Waals surface area contributed by atoms with Crippen molar-refractivity contribution in [2.45, 2.75) is 3.79 Å². The van der Waals surface area contributed by atoms with Crippen LogP contribution in [0.25, 0.3) is 0 Å². The zero-order chi connectivity index (χ0) is 12.3. The highest BCUT2D eigenvalue weighted by molar-refractivity contribution is 7.52. The van der Waals surface area contributed by atoms with Crippen molar-refractivity contribution in [3.05, 3.63) is 0 Å². The van der Waals surface area contributed by atoms with Gasteiger partial charge in [0.15, 0.2) is 5.84 Å². The first-order chi connectivity index (χ1) is 6.66. The van der Waals surface area contributed by atoms with Gasteiger partial charge >= 0.3 is 7.75 Å². The molecule has 0 spiro atoms. The lowest BCUT2D eigenvalue weighted by Gasteiger charge is -2.23. The fourth-order valence-electron chi connectivity index (χ4n) is 0.672. The van der Waals surface area contributed by atoms with Gasteiger partial charge in [0.2, 0.25) is 3.79 Å². The van der Waals surface area contributed by atoms with Crippen LogP contribution in [0.2, 0.25) is 0 Å². The predicted octanol–water partition coefficient (Wildman–Crippen LogP) is 2.72. The van der Waals surface area contributed by atoms with Crippen LogP contribution >= 0.6 is 42.5 Å². The largest absolute Gasteiger partial charge is 0.455 e. The quantitative estimate of drug-likeness (QED) is 0.348. The molecule has 0 aromatic rings. The van der Waals surface area contributed by atoms with Gasteiger partial charge in [0, 0.05) is 28.3 Å². The molecule has 0 aromatic carbocycles. The van der Waals surface area contributed by atoms with Gasteiger partial charge in [0.1, 0.15) is 0 Å². The second kappa shape index (κ2) is 5.71. The number of rotatable bonds is 3. The summed E-state index contributed by atoms with van der Waals surface area (Å²) in [6.45, 7) is 0. The van der Waals surface area contributed by atoms with Crippen LogP contribution in [0.3, 0.4) is 0 Å². The van der Waals surface area contributed by atoms with Crippen LogP contribution in [0.1, 0.15) is 0 Å². The SMILES string of the molecule is COP(=O)(/N=C(\N(C)C)C(Cl)(Cl)Cl)OC. The molecule has 0 saturated carbocycles. The number of hydrogen-bond acceptors (Lipinski definition) is 3. The first-order valence-electron chi connectivity index (χ1n) is 3.72. The standard InChI is InChI=1S/C6H12Cl3N2O3P/c1-11(2)5(6(7,8)9)10-15(12,13-3)14-4/h1-4H3/b10-5-. The molecule has 0 unspecified atom stereocenters. The van der Waals surface area contributed by atoms with Crippen LogP contribution in [0, 0.1) is 0 Å². The van der Waals surface area contributed by atoms with E-state index in [-0.39, 0.29) is 5.84 Å². The van der Waals surface area contributed by atoms with Crippen LogP contribution in [0.15, 0.2) is 4.76 Å². The molecule has 0 aliphatic rings. The summed E-state index contributed by atoms with van der Waals surface area (Å²) in [6, 6.07) is 0. The summed E-state index contributed by atoms with van der Waals surface area (Å²) in [7, 11) is 1.98. The van der Waals surface area contributed by atoms with Gasteiger partial charge in [0.25, 0.3) is 0 Å². The Balaban J connectivity index is 5.27. The molecule has 0 heterocycles. The summed E-state index contributed by atoms with van der Waals surface area (Å²) >= 11 is 16.9. The summed E-state index contributed by atoms with van der Waals surface area (Å²) in [5, 5.41) is 0. The maximum Gasteiger partial charge on any atom is 0.455 e. The number of alkyl halides is 3. The zero-order valence-corrected chi connectivity index (χ0v) is 11.9. The summed E-state index contributed by atoms with van der Waals surface area (Å²) < 4.78 is 22.8. The summed E-state index contributed by atoms with van der Waals surface area (Å²) in [4.78, 5) is 1.41. The average molecular weight is 298 g/mol. The molecule has 5 nitrogen and oxygen atoms in total. The van der Waals surface area contributed by atoms with Crippen LogP contribution in [0.5, 0.6) is 0 Å². The maximum absolute atomic E-state index is 11.7. The van der Waals surface area contributed by atoms with E-state index in [4.69, 9.17) is 34.8 Å². The van der Waals surface area contributed by atoms with Crippen LogP contribution in [-0.4, -0.2) is 42.8 Å². The van der Waals surface area contributed by atoms with Crippen molar-refractivity contribution in [3.8, 4) is 0 Å². The molecular weight excluding hydrogens is 285 g/mol. The Kier molecular flexibility index (Phi) is 5.90. The van der Waals surface area contributed by atoms with E-state index in [1.165, 1.54) is 19.1 Å². The normalized spacial score (nSPS) is 14.2.